The van der Waals surface area contributed by atoms with Crippen molar-refractivity contribution < 1.29 is 14.4 Å². The second kappa shape index (κ2) is 16.6. The Hall–Kier alpha value is -7.65. The zero-order chi connectivity index (χ0) is 37.1. The predicted octanol–water partition coefficient (Wildman–Crippen LogP) is 12.6. The highest BCUT2D eigenvalue weighted by Crippen LogP contribution is 2.32. The molecule has 9 nitrogen and oxygen atoms in total. The van der Waals surface area contributed by atoms with Crippen LogP contribution in [0.4, 0.5) is 34.1 Å². The van der Waals surface area contributed by atoms with Crippen molar-refractivity contribution >= 4 is 51.5 Å². The summed E-state index contributed by atoms with van der Waals surface area (Å²) >= 11 is 0. The smallest absolute Gasteiger partial charge is 0.193 e. The van der Waals surface area contributed by atoms with Gasteiger partial charge < -0.3 is 0 Å². The maximum Gasteiger partial charge on any atom is 0.193 e. The molecule has 0 N–H and O–H groups in total. The van der Waals surface area contributed by atoms with Gasteiger partial charge in [0.15, 0.2) is 17.3 Å². The highest BCUT2D eigenvalue weighted by atomic mass is 16.1. The first kappa shape index (κ1) is 34.8. The van der Waals surface area contributed by atoms with E-state index in [-0.39, 0.29) is 17.3 Å². The van der Waals surface area contributed by atoms with E-state index in [9.17, 15) is 14.4 Å². The molecule has 258 valence electrons. The molecule has 54 heavy (non-hydrogen) atoms. The van der Waals surface area contributed by atoms with Crippen molar-refractivity contribution in [2.75, 3.05) is 0 Å². The third-order valence-corrected chi connectivity index (χ3v) is 8.23. The number of nitrogens with zero attached hydrogens (tertiary/aromatic N) is 6. The van der Waals surface area contributed by atoms with Crippen molar-refractivity contribution in [2.45, 2.75) is 0 Å². The molecule has 7 rings (SSSR count). The van der Waals surface area contributed by atoms with E-state index in [4.69, 9.17) is 0 Å². The minimum Gasteiger partial charge on any atom is -0.289 e. The molecule has 0 saturated heterocycles. The van der Waals surface area contributed by atoms with Crippen LogP contribution in [0.2, 0.25) is 0 Å². The second-order valence-electron chi connectivity index (χ2n) is 12.0. The molecule has 7 aromatic carbocycles. The first-order chi connectivity index (χ1) is 26.5. The number of hydrogen-bond acceptors (Lipinski definition) is 9. The molecule has 0 spiro atoms. The molecule has 0 radical (unpaired) electrons. The summed E-state index contributed by atoms with van der Waals surface area (Å²) in [7, 11) is 0. The van der Waals surface area contributed by atoms with Crippen LogP contribution in [-0.2, 0) is 0 Å². The van der Waals surface area contributed by atoms with Crippen molar-refractivity contribution in [3.05, 3.63) is 215 Å². The molecular weight excluding hydrogens is 673 g/mol. The lowest BCUT2D eigenvalue weighted by Crippen LogP contribution is -1.99. The minimum atomic E-state index is -0.0815. The second-order valence-corrected chi connectivity index (χ2v) is 12.0. The minimum absolute atomic E-state index is 0.0815. The first-order valence-electron chi connectivity index (χ1n) is 17.0. The van der Waals surface area contributed by atoms with E-state index in [2.05, 4.69) is 30.7 Å². The topological polar surface area (TPSA) is 125 Å². The van der Waals surface area contributed by atoms with E-state index in [1.54, 1.807) is 127 Å². The molecule has 9 heteroatoms. The lowest BCUT2D eigenvalue weighted by Gasteiger charge is -2.03. The molecule has 0 saturated carbocycles. The van der Waals surface area contributed by atoms with Crippen molar-refractivity contribution in [3.8, 4) is 0 Å². The van der Waals surface area contributed by atoms with Crippen LogP contribution in [0.1, 0.15) is 47.8 Å². The van der Waals surface area contributed by atoms with Crippen LogP contribution in [-0.4, -0.2) is 17.3 Å². The summed E-state index contributed by atoms with van der Waals surface area (Å²) < 4.78 is 0. The van der Waals surface area contributed by atoms with Gasteiger partial charge in [0.1, 0.15) is 0 Å². The highest BCUT2D eigenvalue weighted by molar-refractivity contribution is 6.10. The van der Waals surface area contributed by atoms with E-state index in [0.29, 0.717) is 67.5 Å². The molecule has 0 atom stereocenters. The van der Waals surface area contributed by atoms with Gasteiger partial charge in [-0.25, -0.2) is 0 Å². The van der Waals surface area contributed by atoms with Gasteiger partial charge in [0.05, 0.1) is 34.1 Å². The third kappa shape index (κ3) is 8.79. The fourth-order valence-electron chi connectivity index (χ4n) is 5.41. The summed E-state index contributed by atoms with van der Waals surface area (Å²) in [6.07, 6.45) is 0. The van der Waals surface area contributed by atoms with E-state index in [1.807, 2.05) is 54.6 Å². The SMILES string of the molecule is O=C(c1ccccc1)c1ccc(N=Nc2cc(N=Nc3ccc(C(=O)c4ccccc4)cc3)cc(N=Nc3ccc(C(=O)c4ccccc4)cc3)c2)cc1. The molecular formula is C45H30N6O3. The Labute approximate surface area is 311 Å². The molecule has 0 aliphatic heterocycles. The van der Waals surface area contributed by atoms with Crippen molar-refractivity contribution in [2.24, 2.45) is 30.7 Å². The van der Waals surface area contributed by atoms with Crippen LogP contribution in [0.25, 0.3) is 0 Å². The highest BCUT2D eigenvalue weighted by Gasteiger charge is 2.11. The zero-order valence-corrected chi connectivity index (χ0v) is 28.7. The van der Waals surface area contributed by atoms with Gasteiger partial charge >= 0.3 is 0 Å². The van der Waals surface area contributed by atoms with Gasteiger partial charge in [-0.1, -0.05) is 91.0 Å². The van der Waals surface area contributed by atoms with Gasteiger partial charge in [-0.2, -0.15) is 30.7 Å². The Bertz CT molecular complexity index is 2200. The first-order valence-corrected chi connectivity index (χ1v) is 17.0. The Balaban J connectivity index is 1.12. The zero-order valence-electron chi connectivity index (χ0n) is 28.7. The molecule has 0 aliphatic carbocycles. The van der Waals surface area contributed by atoms with Crippen LogP contribution < -0.4 is 0 Å². The van der Waals surface area contributed by atoms with E-state index in [1.165, 1.54) is 0 Å². The fourth-order valence-corrected chi connectivity index (χ4v) is 5.41. The number of carbonyl (C=O) groups excluding carboxylic acids is 3. The summed E-state index contributed by atoms with van der Waals surface area (Å²) in [5.41, 5.74) is 6.40. The van der Waals surface area contributed by atoms with E-state index in [0.717, 1.165) is 0 Å². The standard InChI is InChI=1S/C45H30N6O3/c52-43(31-10-4-1-5-11-31)34-16-22-37(23-17-34)46-49-40-28-41(50-47-38-24-18-35(19-25-38)44(53)32-12-6-2-7-13-32)30-42(29-40)51-48-39-26-20-36(21-27-39)45(54)33-14-8-3-9-15-33/h1-30H. The Morgan fingerprint density at radius 1 is 0.241 bits per heavy atom. The van der Waals surface area contributed by atoms with Crippen molar-refractivity contribution in [1.82, 2.24) is 0 Å². The van der Waals surface area contributed by atoms with Gasteiger partial charge in [0.25, 0.3) is 0 Å². The quantitative estimate of drug-likeness (QED) is 0.0929. The van der Waals surface area contributed by atoms with Gasteiger partial charge in [-0.05, 0) is 91.0 Å². The molecule has 0 amide bonds. The Morgan fingerprint density at radius 3 is 0.685 bits per heavy atom. The number of ketones is 3. The average molecular weight is 703 g/mol. The monoisotopic (exact) mass is 702 g/mol. The summed E-state index contributed by atoms with van der Waals surface area (Å²) in [5, 5.41) is 26.4. The van der Waals surface area contributed by atoms with E-state index < -0.39 is 0 Å². The average Bonchev–Trinajstić information content (AvgIpc) is 3.25. The number of carbonyl (C=O) groups is 3. The molecule has 0 unspecified atom stereocenters. The maximum atomic E-state index is 12.8. The molecule has 0 bridgehead atoms. The van der Waals surface area contributed by atoms with Crippen molar-refractivity contribution in [1.29, 1.82) is 0 Å². The molecule has 0 heterocycles. The number of hydrogen-bond donors (Lipinski definition) is 0. The fraction of sp³-hybridized carbons (Fsp3) is 0. The predicted molar refractivity (Wildman–Crippen MR) is 208 cm³/mol. The largest absolute Gasteiger partial charge is 0.289 e. The molecule has 0 aromatic heterocycles. The lowest BCUT2D eigenvalue weighted by atomic mass is 10.0. The summed E-state index contributed by atoms with van der Waals surface area (Å²) in [6.45, 7) is 0. The summed E-state index contributed by atoms with van der Waals surface area (Å²) in [4.78, 5) is 38.5. The molecule has 7 aromatic rings. The van der Waals surface area contributed by atoms with Gasteiger partial charge in [0, 0.05) is 33.4 Å². The van der Waals surface area contributed by atoms with Gasteiger partial charge in [-0.15, -0.1) is 0 Å². The number of benzene rings is 7. The maximum absolute atomic E-state index is 12.8. The van der Waals surface area contributed by atoms with Crippen molar-refractivity contribution in [3.63, 3.8) is 0 Å². The van der Waals surface area contributed by atoms with Crippen LogP contribution in [0.15, 0.2) is 213 Å². The van der Waals surface area contributed by atoms with Crippen LogP contribution in [0.5, 0.6) is 0 Å². The number of rotatable bonds is 12. The van der Waals surface area contributed by atoms with Crippen LogP contribution in [0.3, 0.4) is 0 Å². The Morgan fingerprint density at radius 2 is 0.444 bits per heavy atom. The summed E-state index contributed by atoms with van der Waals surface area (Å²) in [6, 6.07) is 53.0. The van der Waals surface area contributed by atoms with Gasteiger partial charge in [-0.3, -0.25) is 14.4 Å². The molecule has 0 aliphatic rings. The molecule has 0 fully saturated rings. The summed E-state index contributed by atoms with van der Waals surface area (Å²) in [5.74, 6) is -0.244. The lowest BCUT2D eigenvalue weighted by molar-refractivity contribution is 0.103. The van der Waals surface area contributed by atoms with E-state index >= 15 is 0 Å². The third-order valence-electron chi connectivity index (χ3n) is 8.23. The van der Waals surface area contributed by atoms with Gasteiger partial charge in [0.2, 0.25) is 0 Å². The van der Waals surface area contributed by atoms with Crippen LogP contribution in [0, 0.1) is 0 Å². The number of azo groups is 3. The van der Waals surface area contributed by atoms with Crippen LogP contribution >= 0.6 is 0 Å². The normalized spacial score (nSPS) is 11.3. The Kier molecular flexibility index (Phi) is 10.7.